The van der Waals surface area contributed by atoms with E-state index in [1.165, 1.54) is 9.75 Å². The molecule has 0 radical (unpaired) electrons. The number of phenols is 2. The normalized spacial score (nSPS) is 18.7. The Hall–Kier alpha value is -1.04. The Morgan fingerprint density at radius 3 is 2.57 bits per heavy atom. The van der Waals surface area contributed by atoms with Crippen LogP contribution in [-0.4, -0.2) is 35.3 Å². The molecule has 0 saturated heterocycles. The lowest BCUT2D eigenvalue weighted by Gasteiger charge is -2.20. The van der Waals surface area contributed by atoms with Crippen molar-refractivity contribution in [1.82, 2.24) is 4.90 Å². The second kappa shape index (κ2) is 6.38. The maximum atomic E-state index is 9.84. The summed E-state index contributed by atoms with van der Waals surface area (Å²) in [6, 6.07) is 7.78. The molecule has 0 bridgehead atoms. The third kappa shape index (κ3) is 3.25. The molecule has 0 amide bonds. The molecule has 2 aromatic rings. The molecule has 5 heteroatoms. The zero-order valence-electron chi connectivity index (χ0n) is 12.2. The highest BCUT2D eigenvalue weighted by Crippen LogP contribution is 2.39. The summed E-state index contributed by atoms with van der Waals surface area (Å²) in [4.78, 5) is 4.94. The molecular formula is C16H20BrNO2S. The van der Waals surface area contributed by atoms with E-state index in [4.69, 9.17) is 0 Å². The van der Waals surface area contributed by atoms with Crippen molar-refractivity contribution in [2.24, 2.45) is 0 Å². The maximum absolute atomic E-state index is 9.84. The van der Waals surface area contributed by atoms with Crippen LogP contribution in [0.15, 0.2) is 24.3 Å². The summed E-state index contributed by atoms with van der Waals surface area (Å²) in [5.41, 5.74) is 2.28. The number of likely N-dealkylation sites (N-methyl/N-ethyl adjacent to an activating group) is 1. The smallest absolute Gasteiger partial charge is 0.157 e. The van der Waals surface area contributed by atoms with E-state index in [9.17, 15) is 10.2 Å². The summed E-state index contributed by atoms with van der Waals surface area (Å²) in [6.45, 7) is 4.03. The summed E-state index contributed by atoms with van der Waals surface area (Å²) >= 11 is 1.81. The molecule has 1 aromatic carbocycles. The summed E-state index contributed by atoms with van der Waals surface area (Å²) in [6.07, 6.45) is 0.903. The van der Waals surface area contributed by atoms with Gasteiger partial charge in [0.2, 0.25) is 0 Å². The molecule has 1 aromatic heterocycles. The number of hydrogen-bond acceptors (Lipinski definition) is 4. The molecule has 0 aliphatic carbocycles. The number of fused-ring (bicyclic) bond motifs is 1. The Labute approximate surface area is 139 Å². The standard InChI is InChI=1S/C16H19NO2S.BrH/c1-10-3-4-16(20-10)13-9-17(2)6-5-11-7-14(18)15(19)8-12(11)13;/h3-4,7-8,13,18-19H,5-6,9H2,1-2H3;1H. The van der Waals surface area contributed by atoms with Crippen LogP contribution in [0.25, 0.3) is 0 Å². The lowest BCUT2D eigenvalue weighted by Crippen LogP contribution is -2.23. The lowest BCUT2D eigenvalue weighted by molar-refractivity contribution is 0.339. The van der Waals surface area contributed by atoms with Crippen molar-refractivity contribution in [1.29, 1.82) is 0 Å². The summed E-state index contributed by atoms with van der Waals surface area (Å²) < 4.78 is 0. The number of aromatic hydroxyl groups is 2. The first kappa shape index (κ1) is 16.3. The van der Waals surface area contributed by atoms with E-state index in [2.05, 4.69) is 31.0 Å². The second-order valence-electron chi connectivity index (χ2n) is 5.55. The average molecular weight is 370 g/mol. The van der Waals surface area contributed by atoms with E-state index >= 15 is 0 Å². The largest absolute Gasteiger partial charge is 0.504 e. The van der Waals surface area contributed by atoms with Gasteiger partial charge in [0.05, 0.1) is 0 Å². The van der Waals surface area contributed by atoms with Crippen LogP contribution in [0.5, 0.6) is 11.5 Å². The highest BCUT2D eigenvalue weighted by Gasteiger charge is 2.25. The number of hydrogen-bond donors (Lipinski definition) is 2. The number of rotatable bonds is 1. The van der Waals surface area contributed by atoms with Crippen molar-refractivity contribution in [3.63, 3.8) is 0 Å². The SMILES string of the molecule is Br.Cc1ccc(C2CN(C)CCc3cc(O)c(O)cc32)s1. The van der Waals surface area contributed by atoms with Crippen molar-refractivity contribution in [2.75, 3.05) is 20.1 Å². The summed E-state index contributed by atoms with van der Waals surface area (Å²) in [5, 5.41) is 19.6. The van der Waals surface area contributed by atoms with Gasteiger partial charge in [-0.3, -0.25) is 0 Å². The van der Waals surface area contributed by atoms with E-state index in [-0.39, 0.29) is 34.4 Å². The van der Waals surface area contributed by atoms with E-state index < -0.39 is 0 Å². The fourth-order valence-corrected chi connectivity index (χ4v) is 3.86. The van der Waals surface area contributed by atoms with Gasteiger partial charge in [-0.05, 0) is 55.8 Å². The van der Waals surface area contributed by atoms with Crippen molar-refractivity contribution < 1.29 is 10.2 Å². The molecule has 1 unspecified atom stereocenters. The van der Waals surface area contributed by atoms with E-state index in [1.807, 2.05) is 11.3 Å². The van der Waals surface area contributed by atoms with Crippen molar-refractivity contribution in [3.05, 3.63) is 45.1 Å². The Bertz CT molecular complexity index is 641. The zero-order chi connectivity index (χ0) is 14.3. The number of thiophene rings is 1. The fraction of sp³-hybridized carbons (Fsp3) is 0.375. The first-order chi connectivity index (χ1) is 9.54. The predicted octanol–water partition coefficient (Wildman–Crippen LogP) is 3.67. The maximum Gasteiger partial charge on any atom is 0.157 e. The van der Waals surface area contributed by atoms with Crippen LogP contribution in [0, 0.1) is 6.92 Å². The molecule has 2 heterocycles. The molecule has 1 atom stereocenters. The first-order valence-electron chi connectivity index (χ1n) is 6.84. The Morgan fingerprint density at radius 2 is 1.90 bits per heavy atom. The number of aryl methyl sites for hydroxylation is 1. The summed E-state index contributed by atoms with van der Waals surface area (Å²) in [5.74, 6) is 0.226. The number of phenolic OH excluding ortho intramolecular Hbond substituents is 2. The van der Waals surface area contributed by atoms with Crippen LogP contribution in [0.4, 0.5) is 0 Å². The molecule has 21 heavy (non-hydrogen) atoms. The predicted molar refractivity (Wildman–Crippen MR) is 92.2 cm³/mol. The van der Waals surface area contributed by atoms with Crippen molar-refractivity contribution in [3.8, 4) is 11.5 Å². The van der Waals surface area contributed by atoms with Gasteiger partial charge in [0.15, 0.2) is 11.5 Å². The first-order valence-corrected chi connectivity index (χ1v) is 7.66. The van der Waals surface area contributed by atoms with Crippen molar-refractivity contribution in [2.45, 2.75) is 19.3 Å². The van der Waals surface area contributed by atoms with E-state index in [0.29, 0.717) is 0 Å². The van der Waals surface area contributed by atoms with E-state index in [1.54, 1.807) is 12.1 Å². The van der Waals surface area contributed by atoms with Crippen LogP contribution < -0.4 is 0 Å². The second-order valence-corrected chi connectivity index (χ2v) is 6.87. The third-order valence-electron chi connectivity index (χ3n) is 3.97. The molecule has 3 rings (SSSR count). The minimum Gasteiger partial charge on any atom is -0.504 e. The molecular weight excluding hydrogens is 350 g/mol. The molecule has 2 N–H and O–H groups in total. The van der Waals surface area contributed by atoms with Crippen LogP contribution >= 0.6 is 28.3 Å². The highest BCUT2D eigenvalue weighted by atomic mass is 79.9. The van der Waals surface area contributed by atoms with Crippen LogP contribution in [-0.2, 0) is 6.42 Å². The Kier molecular flexibility index (Phi) is 4.96. The minimum absolute atomic E-state index is 0. The van der Waals surface area contributed by atoms with E-state index in [0.717, 1.165) is 30.6 Å². The lowest BCUT2D eigenvalue weighted by atomic mass is 9.92. The molecule has 3 nitrogen and oxygen atoms in total. The molecule has 0 spiro atoms. The Morgan fingerprint density at radius 1 is 1.19 bits per heavy atom. The van der Waals surface area contributed by atoms with Gasteiger partial charge in [-0.2, -0.15) is 0 Å². The number of benzene rings is 1. The summed E-state index contributed by atoms with van der Waals surface area (Å²) in [7, 11) is 2.12. The van der Waals surface area contributed by atoms with Gasteiger partial charge >= 0.3 is 0 Å². The van der Waals surface area contributed by atoms with Gasteiger partial charge < -0.3 is 15.1 Å². The highest BCUT2D eigenvalue weighted by molar-refractivity contribution is 8.93. The van der Waals surface area contributed by atoms with Gasteiger partial charge in [0.25, 0.3) is 0 Å². The van der Waals surface area contributed by atoms with Gasteiger partial charge in [-0.1, -0.05) is 0 Å². The molecule has 0 fully saturated rings. The van der Waals surface area contributed by atoms with Gasteiger partial charge in [0, 0.05) is 28.8 Å². The molecule has 0 saturated carbocycles. The molecule has 114 valence electrons. The van der Waals surface area contributed by atoms with Gasteiger partial charge in [-0.25, -0.2) is 0 Å². The topological polar surface area (TPSA) is 43.7 Å². The monoisotopic (exact) mass is 369 g/mol. The third-order valence-corrected chi connectivity index (χ3v) is 5.09. The van der Waals surface area contributed by atoms with Gasteiger partial charge in [0.1, 0.15) is 0 Å². The fourth-order valence-electron chi connectivity index (χ4n) is 2.87. The average Bonchev–Trinajstić information content (AvgIpc) is 2.77. The van der Waals surface area contributed by atoms with Crippen LogP contribution in [0.3, 0.4) is 0 Å². The molecule has 1 aliphatic rings. The van der Waals surface area contributed by atoms with Gasteiger partial charge in [-0.15, -0.1) is 28.3 Å². The Balaban J connectivity index is 0.00000161. The zero-order valence-corrected chi connectivity index (χ0v) is 14.7. The minimum atomic E-state index is -0.0217. The number of nitrogens with zero attached hydrogens (tertiary/aromatic N) is 1. The van der Waals surface area contributed by atoms with Crippen molar-refractivity contribution >= 4 is 28.3 Å². The van der Waals surface area contributed by atoms with Crippen LogP contribution in [0.1, 0.15) is 26.8 Å². The molecule has 1 aliphatic heterocycles. The number of halogens is 1. The quantitative estimate of drug-likeness (QED) is 0.753. The van der Waals surface area contributed by atoms with Crippen LogP contribution in [0.2, 0.25) is 0 Å².